The molecule has 17 heavy (non-hydrogen) atoms. The van der Waals surface area contributed by atoms with E-state index in [-0.39, 0.29) is 0 Å². The Morgan fingerprint density at radius 1 is 1.00 bits per heavy atom. The summed E-state index contributed by atoms with van der Waals surface area (Å²) in [7, 11) is 0. The van der Waals surface area contributed by atoms with E-state index in [0.717, 1.165) is 20.8 Å². The molecule has 0 aliphatic carbocycles. The highest BCUT2D eigenvalue weighted by atomic mass is 127. The van der Waals surface area contributed by atoms with E-state index in [4.69, 9.17) is 10.5 Å². The van der Waals surface area contributed by atoms with Crippen LogP contribution in [0.15, 0.2) is 36.4 Å². The van der Waals surface area contributed by atoms with Gasteiger partial charge in [0, 0.05) is 5.69 Å². The first-order valence-electron chi connectivity index (χ1n) is 5.36. The van der Waals surface area contributed by atoms with Crippen LogP contribution in [0.1, 0.15) is 11.1 Å². The Hall–Kier alpha value is -1.23. The van der Waals surface area contributed by atoms with E-state index in [1.807, 2.05) is 30.3 Å². The van der Waals surface area contributed by atoms with Gasteiger partial charge in [-0.3, -0.25) is 0 Å². The third-order valence-electron chi connectivity index (χ3n) is 2.38. The zero-order valence-corrected chi connectivity index (χ0v) is 12.0. The number of rotatable bonds is 2. The van der Waals surface area contributed by atoms with Crippen molar-refractivity contribution in [3.8, 4) is 11.5 Å². The summed E-state index contributed by atoms with van der Waals surface area (Å²) >= 11 is 2.23. The Labute approximate surface area is 115 Å². The zero-order chi connectivity index (χ0) is 12.4. The first-order valence-corrected chi connectivity index (χ1v) is 6.43. The summed E-state index contributed by atoms with van der Waals surface area (Å²) in [6.45, 7) is 4.13. The summed E-state index contributed by atoms with van der Waals surface area (Å²) < 4.78 is 6.88. The number of ether oxygens (including phenoxy) is 1. The minimum atomic E-state index is 0.752. The molecular weight excluding hydrogens is 325 g/mol. The van der Waals surface area contributed by atoms with Crippen molar-refractivity contribution >= 4 is 28.3 Å². The molecule has 0 bridgehead atoms. The third-order valence-corrected chi connectivity index (χ3v) is 3.22. The van der Waals surface area contributed by atoms with Crippen LogP contribution in [-0.2, 0) is 0 Å². The lowest BCUT2D eigenvalue weighted by Gasteiger charge is -2.10. The molecule has 0 aliphatic heterocycles. The van der Waals surface area contributed by atoms with Crippen molar-refractivity contribution in [2.24, 2.45) is 0 Å². The first-order chi connectivity index (χ1) is 8.04. The van der Waals surface area contributed by atoms with Gasteiger partial charge in [-0.25, -0.2) is 0 Å². The highest BCUT2D eigenvalue weighted by Gasteiger charge is 2.04. The number of benzene rings is 2. The monoisotopic (exact) mass is 339 g/mol. The van der Waals surface area contributed by atoms with E-state index < -0.39 is 0 Å². The van der Waals surface area contributed by atoms with Gasteiger partial charge < -0.3 is 10.5 Å². The minimum Gasteiger partial charge on any atom is -0.456 e. The predicted molar refractivity (Wildman–Crippen MR) is 79.6 cm³/mol. The van der Waals surface area contributed by atoms with Crippen molar-refractivity contribution in [2.75, 3.05) is 5.73 Å². The van der Waals surface area contributed by atoms with Gasteiger partial charge in [0.2, 0.25) is 0 Å². The number of nitrogens with two attached hydrogens (primary N) is 1. The first kappa shape index (κ1) is 12.2. The molecule has 88 valence electrons. The van der Waals surface area contributed by atoms with Crippen molar-refractivity contribution in [3.05, 3.63) is 51.1 Å². The number of hydrogen-bond donors (Lipinski definition) is 1. The number of aryl methyl sites for hydroxylation is 2. The average Bonchev–Trinajstić information content (AvgIpc) is 2.21. The van der Waals surface area contributed by atoms with Gasteiger partial charge in [0.1, 0.15) is 11.5 Å². The molecular formula is C14H14INO. The molecule has 2 rings (SSSR count). The number of halogens is 1. The van der Waals surface area contributed by atoms with Crippen molar-refractivity contribution < 1.29 is 4.74 Å². The lowest BCUT2D eigenvalue weighted by molar-refractivity contribution is 0.478. The Kier molecular flexibility index (Phi) is 3.57. The second-order valence-electron chi connectivity index (χ2n) is 4.12. The van der Waals surface area contributed by atoms with Crippen LogP contribution < -0.4 is 10.5 Å². The molecule has 0 fully saturated rings. The lowest BCUT2D eigenvalue weighted by atomic mass is 10.1. The Balaban J connectivity index is 2.31. The zero-order valence-electron chi connectivity index (χ0n) is 9.83. The highest BCUT2D eigenvalue weighted by Crippen LogP contribution is 2.29. The van der Waals surface area contributed by atoms with E-state index >= 15 is 0 Å². The number of nitrogen functional groups attached to an aromatic ring is 1. The van der Waals surface area contributed by atoms with Crippen molar-refractivity contribution in [3.63, 3.8) is 0 Å². The molecule has 0 aromatic heterocycles. The molecule has 0 atom stereocenters. The van der Waals surface area contributed by atoms with Crippen molar-refractivity contribution in [2.45, 2.75) is 13.8 Å². The molecule has 2 nitrogen and oxygen atoms in total. The van der Waals surface area contributed by atoms with Crippen LogP contribution in [-0.4, -0.2) is 0 Å². The molecule has 0 aliphatic rings. The Morgan fingerprint density at radius 2 is 1.65 bits per heavy atom. The van der Waals surface area contributed by atoms with Gasteiger partial charge in [0.15, 0.2) is 0 Å². The van der Waals surface area contributed by atoms with Gasteiger partial charge >= 0.3 is 0 Å². The molecule has 0 saturated heterocycles. The molecule has 2 N–H and O–H groups in total. The maximum absolute atomic E-state index is 5.86. The van der Waals surface area contributed by atoms with Crippen LogP contribution in [0.2, 0.25) is 0 Å². The summed E-state index contributed by atoms with van der Waals surface area (Å²) in [5.41, 5.74) is 8.86. The maximum atomic E-state index is 5.86. The fraction of sp³-hybridized carbons (Fsp3) is 0.143. The molecule has 2 aromatic carbocycles. The summed E-state index contributed by atoms with van der Waals surface area (Å²) in [4.78, 5) is 0. The van der Waals surface area contributed by atoms with Crippen LogP contribution >= 0.6 is 22.6 Å². The molecule has 0 radical (unpaired) electrons. The van der Waals surface area contributed by atoms with Gasteiger partial charge in [-0.05, 0) is 77.9 Å². The van der Waals surface area contributed by atoms with Crippen molar-refractivity contribution in [1.29, 1.82) is 0 Å². The fourth-order valence-corrected chi connectivity index (χ4v) is 2.37. The molecule has 0 amide bonds. The van der Waals surface area contributed by atoms with Gasteiger partial charge in [-0.15, -0.1) is 0 Å². The van der Waals surface area contributed by atoms with Crippen molar-refractivity contribution in [1.82, 2.24) is 0 Å². The maximum Gasteiger partial charge on any atom is 0.140 e. The van der Waals surface area contributed by atoms with Crippen LogP contribution in [0.5, 0.6) is 11.5 Å². The topological polar surface area (TPSA) is 35.2 Å². The van der Waals surface area contributed by atoms with E-state index in [9.17, 15) is 0 Å². The number of hydrogen-bond acceptors (Lipinski definition) is 2. The largest absolute Gasteiger partial charge is 0.456 e. The van der Waals surface area contributed by atoms with E-state index in [0.29, 0.717) is 0 Å². The smallest absolute Gasteiger partial charge is 0.140 e. The molecule has 2 aromatic rings. The minimum absolute atomic E-state index is 0.752. The highest BCUT2D eigenvalue weighted by molar-refractivity contribution is 14.1. The normalized spacial score (nSPS) is 10.3. The van der Waals surface area contributed by atoms with E-state index in [2.05, 4.69) is 42.5 Å². The van der Waals surface area contributed by atoms with Gasteiger partial charge in [-0.1, -0.05) is 6.07 Å². The summed E-state index contributed by atoms with van der Waals surface area (Å²) in [6.07, 6.45) is 0. The molecule has 0 saturated carbocycles. The van der Waals surface area contributed by atoms with Crippen LogP contribution in [0.4, 0.5) is 5.69 Å². The van der Waals surface area contributed by atoms with Gasteiger partial charge in [0.25, 0.3) is 0 Å². The molecule has 3 heteroatoms. The average molecular weight is 339 g/mol. The van der Waals surface area contributed by atoms with E-state index in [1.165, 1.54) is 11.1 Å². The standard InChI is InChI=1S/C14H14INO/c1-9-5-10(2)7-12(6-9)17-14-4-3-11(16)8-13(14)15/h3-8H,16H2,1-2H3. The van der Waals surface area contributed by atoms with Gasteiger partial charge in [0.05, 0.1) is 3.57 Å². The second kappa shape index (κ2) is 4.96. The molecule has 0 heterocycles. The fourth-order valence-electron chi connectivity index (χ4n) is 1.72. The van der Waals surface area contributed by atoms with Crippen LogP contribution in [0, 0.1) is 17.4 Å². The Bertz CT molecular complexity index is 532. The van der Waals surface area contributed by atoms with E-state index in [1.54, 1.807) is 0 Å². The van der Waals surface area contributed by atoms with Crippen LogP contribution in [0.3, 0.4) is 0 Å². The molecule has 0 unspecified atom stereocenters. The summed E-state index contributed by atoms with van der Waals surface area (Å²) in [5, 5.41) is 0. The van der Waals surface area contributed by atoms with Gasteiger partial charge in [-0.2, -0.15) is 0 Å². The Morgan fingerprint density at radius 3 is 2.24 bits per heavy atom. The second-order valence-corrected chi connectivity index (χ2v) is 5.28. The summed E-state index contributed by atoms with van der Waals surface area (Å²) in [6, 6.07) is 11.8. The number of anilines is 1. The van der Waals surface area contributed by atoms with Crippen LogP contribution in [0.25, 0.3) is 0 Å². The lowest BCUT2D eigenvalue weighted by Crippen LogP contribution is -1.91. The summed E-state index contributed by atoms with van der Waals surface area (Å²) in [5.74, 6) is 1.70. The molecule has 0 spiro atoms. The predicted octanol–water partition coefficient (Wildman–Crippen LogP) is 4.28. The third kappa shape index (κ3) is 3.12. The SMILES string of the molecule is Cc1cc(C)cc(Oc2ccc(N)cc2I)c1. The quantitative estimate of drug-likeness (QED) is 0.655.